The Morgan fingerprint density at radius 1 is 1.40 bits per heavy atom. The van der Waals surface area contributed by atoms with E-state index >= 15 is 0 Å². The molecule has 1 aliphatic heterocycles. The third kappa shape index (κ3) is 4.56. The average Bonchev–Trinajstić information content (AvgIpc) is 2.88. The molecule has 1 aliphatic rings. The highest BCUT2D eigenvalue weighted by molar-refractivity contribution is 4.86. The first kappa shape index (κ1) is 15.4. The second-order valence-electron chi connectivity index (χ2n) is 5.85. The second kappa shape index (κ2) is 8.37. The Balaban J connectivity index is 1.91. The van der Waals surface area contributed by atoms with Crippen LogP contribution in [0, 0.1) is 5.92 Å². The molecule has 0 spiro atoms. The summed E-state index contributed by atoms with van der Waals surface area (Å²) in [5.41, 5.74) is 0. The van der Waals surface area contributed by atoms with Crippen LogP contribution in [0.5, 0.6) is 0 Å². The van der Waals surface area contributed by atoms with Gasteiger partial charge < -0.3 is 5.32 Å². The molecule has 0 saturated carbocycles. The molecule has 1 unspecified atom stereocenters. The Kier molecular flexibility index (Phi) is 6.47. The van der Waals surface area contributed by atoms with Crippen molar-refractivity contribution < 1.29 is 0 Å². The van der Waals surface area contributed by atoms with Crippen LogP contribution in [0.25, 0.3) is 0 Å². The first-order valence-corrected chi connectivity index (χ1v) is 8.13. The first-order chi connectivity index (χ1) is 9.83. The van der Waals surface area contributed by atoms with Gasteiger partial charge in [0.15, 0.2) is 0 Å². The van der Waals surface area contributed by atoms with Crippen molar-refractivity contribution in [3.63, 3.8) is 0 Å². The molecule has 5 nitrogen and oxygen atoms in total. The van der Waals surface area contributed by atoms with E-state index < -0.39 is 0 Å². The van der Waals surface area contributed by atoms with Crippen molar-refractivity contribution in [3.8, 4) is 0 Å². The molecule has 0 amide bonds. The van der Waals surface area contributed by atoms with Gasteiger partial charge in [-0.1, -0.05) is 13.8 Å². The van der Waals surface area contributed by atoms with E-state index in [0.29, 0.717) is 0 Å². The fourth-order valence-corrected chi connectivity index (χ4v) is 3.01. The van der Waals surface area contributed by atoms with Gasteiger partial charge in [-0.05, 0) is 51.2 Å². The van der Waals surface area contributed by atoms with Crippen molar-refractivity contribution in [1.82, 2.24) is 25.0 Å². The molecule has 0 radical (unpaired) electrons. The topological polar surface area (TPSA) is 46.0 Å². The van der Waals surface area contributed by atoms with Gasteiger partial charge in [0.25, 0.3) is 0 Å². The summed E-state index contributed by atoms with van der Waals surface area (Å²) in [4.78, 5) is 6.99. The van der Waals surface area contributed by atoms with Gasteiger partial charge >= 0.3 is 0 Å². The number of hydrogen-bond acceptors (Lipinski definition) is 4. The van der Waals surface area contributed by atoms with Gasteiger partial charge in [-0.3, -0.25) is 4.90 Å². The Morgan fingerprint density at radius 3 is 3.00 bits per heavy atom. The maximum atomic E-state index is 4.44. The largest absolute Gasteiger partial charge is 0.316 e. The Hall–Kier alpha value is -0.940. The van der Waals surface area contributed by atoms with Gasteiger partial charge in [0.1, 0.15) is 12.2 Å². The lowest BCUT2D eigenvalue weighted by Crippen LogP contribution is -2.38. The maximum Gasteiger partial charge on any atom is 0.141 e. The minimum absolute atomic E-state index is 0.790. The monoisotopic (exact) mass is 279 g/mol. The molecule has 20 heavy (non-hydrogen) atoms. The molecule has 114 valence electrons. The number of nitrogens with one attached hydrogen (secondary N) is 1. The summed E-state index contributed by atoms with van der Waals surface area (Å²) < 4.78 is 2.06. The number of aryl methyl sites for hydroxylation is 1. The predicted molar refractivity (Wildman–Crippen MR) is 81.5 cm³/mol. The van der Waals surface area contributed by atoms with Crippen LogP contribution in [0.1, 0.15) is 45.4 Å². The quantitative estimate of drug-likeness (QED) is 0.789. The summed E-state index contributed by atoms with van der Waals surface area (Å²) in [5, 5.41) is 7.85. The minimum Gasteiger partial charge on any atom is -0.316 e. The fraction of sp³-hybridized carbons (Fsp3) is 0.867. The van der Waals surface area contributed by atoms with Gasteiger partial charge in [0.05, 0.1) is 6.54 Å². The molecule has 1 N–H and O–H groups in total. The Morgan fingerprint density at radius 2 is 2.30 bits per heavy atom. The normalized spacial score (nSPS) is 19.6. The molecule has 0 bridgehead atoms. The van der Waals surface area contributed by atoms with Crippen molar-refractivity contribution in [2.75, 3.05) is 26.2 Å². The van der Waals surface area contributed by atoms with Crippen LogP contribution < -0.4 is 5.32 Å². The summed E-state index contributed by atoms with van der Waals surface area (Å²) in [6.45, 7) is 11.0. The highest BCUT2D eigenvalue weighted by Gasteiger charge is 2.18. The van der Waals surface area contributed by atoms with Crippen molar-refractivity contribution >= 4 is 0 Å². The minimum atomic E-state index is 0.790. The lowest BCUT2D eigenvalue weighted by Gasteiger charge is -2.29. The summed E-state index contributed by atoms with van der Waals surface area (Å²) in [6, 6.07) is 0. The fourth-order valence-electron chi connectivity index (χ4n) is 3.01. The van der Waals surface area contributed by atoms with Gasteiger partial charge in [-0.15, -0.1) is 0 Å². The van der Waals surface area contributed by atoms with Crippen molar-refractivity contribution in [2.45, 2.75) is 52.6 Å². The van der Waals surface area contributed by atoms with Crippen molar-refractivity contribution in [1.29, 1.82) is 0 Å². The molecule has 1 aromatic rings. The van der Waals surface area contributed by atoms with E-state index in [9.17, 15) is 0 Å². The van der Waals surface area contributed by atoms with E-state index in [1.165, 1.54) is 38.9 Å². The maximum absolute atomic E-state index is 4.44. The predicted octanol–water partition coefficient (Wildman–Crippen LogP) is 1.90. The highest BCUT2D eigenvalue weighted by atomic mass is 15.3. The van der Waals surface area contributed by atoms with E-state index in [2.05, 4.69) is 38.8 Å². The lowest BCUT2D eigenvalue weighted by molar-refractivity contribution is 0.194. The lowest BCUT2D eigenvalue weighted by atomic mass is 9.99. The second-order valence-corrected chi connectivity index (χ2v) is 5.85. The molecule has 1 saturated heterocycles. The van der Waals surface area contributed by atoms with E-state index in [0.717, 1.165) is 37.8 Å². The van der Waals surface area contributed by atoms with Crippen molar-refractivity contribution in [3.05, 3.63) is 12.2 Å². The average molecular weight is 279 g/mol. The molecule has 1 fully saturated rings. The molecular formula is C15H29N5. The van der Waals surface area contributed by atoms with E-state index in [1.54, 1.807) is 6.33 Å². The molecule has 2 rings (SSSR count). The first-order valence-electron chi connectivity index (χ1n) is 8.13. The van der Waals surface area contributed by atoms with E-state index in [4.69, 9.17) is 0 Å². The number of piperidine rings is 1. The number of hydrogen-bond donors (Lipinski definition) is 1. The summed E-state index contributed by atoms with van der Waals surface area (Å²) in [7, 11) is 0. The summed E-state index contributed by atoms with van der Waals surface area (Å²) in [6.07, 6.45) is 6.67. The third-order valence-electron chi connectivity index (χ3n) is 3.95. The highest BCUT2D eigenvalue weighted by Crippen LogP contribution is 2.14. The molecule has 5 heteroatoms. The van der Waals surface area contributed by atoms with Gasteiger partial charge in [-0.25, -0.2) is 9.67 Å². The zero-order valence-corrected chi connectivity index (χ0v) is 13.0. The zero-order valence-electron chi connectivity index (χ0n) is 13.0. The smallest absolute Gasteiger partial charge is 0.141 e. The van der Waals surface area contributed by atoms with Crippen LogP contribution in [-0.4, -0.2) is 45.8 Å². The summed E-state index contributed by atoms with van der Waals surface area (Å²) >= 11 is 0. The molecular weight excluding hydrogens is 250 g/mol. The van der Waals surface area contributed by atoms with Crippen LogP contribution >= 0.6 is 0 Å². The van der Waals surface area contributed by atoms with Crippen LogP contribution in [0.4, 0.5) is 0 Å². The standard InChI is InChI=1S/C15H29N5/c1-3-8-19(11-14-6-5-7-16-10-14)12-15-17-13-18-20(15)9-4-2/h13-14,16H,3-12H2,1-2H3. The van der Waals surface area contributed by atoms with Gasteiger partial charge in [0, 0.05) is 13.1 Å². The number of rotatable bonds is 8. The van der Waals surface area contributed by atoms with Crippen LogP contribution in [0.3, 0.4) is 0 Å². The van der Waals surface area contributed by atoms with E-state index in [-0.39, 0.29) is 0 Å². The van der Waals surface area contributed by atoms with Gasteiger partial charge in [0.2, 0.25) is 0 Å². The van der Waals surface area contributed by atoms with Crippen LogP contribution in [-0.2, 0) is 13.1 Å². The van der Waals surface area contributed by atoms with Crippen LogP contribution in [0.2, 0.25) is 0 Å². The van der Waals surface area contributed by atoms with Crippen LogP contribution in [0.15, 0.2) is 6.33 Å². The SMILES string of the molecule is CCCN(Cc1ncnn1CCC)CC1CCCNC1. The number of aromatic nitrogens is 3. The van der Waals surface area contributed by atoms with E-state index in [1.807, 2.05) is 0 Å². The molecule has 1 atom stereocenters. The molecule has 1 aromatic heterocycles. The van der Waals surface area contributed by atoms with Crippen molar-refractivity contribution in [2.24, 2.45) is 5.92 Å². The Labute approximate surface area is 122 Å². The van der Waals surface area contributed by atoms with Gasteiger partial charge in [-0.2, -0.15) is 5.10 Å². The third-order valence-corrected chi connectivity index (χ3v) is 3.95. The molecule has 2 heterocycles. The molecule has 0 aliphatic carbocycles. The number of nitrogens with zero attached hydrogens (tertiary/aromatic N) is 4. The Bertz CT molecular complexity index is 370. The zero-order chi connectivity index (χ0) is 14.2. The summed E-state index contributed by atoms with van der Waals surface area (Å²) in [5.74, 6) is 1.90. The molecule has 0 aromatic carbocycles.